The number of nitro benzene ring substituents is 1. The van der Waals surface area contributed by atoms with Crippen LogP contribution in [0.5, 0.6) is 0 Å². The largest absolute Gasteiger partial charge is 0.768 e. The average Bonchev–Trinajstić information content (AvgIpc) is 2.04. The molecule has 0 aliphatic carbocycles. The minimum atomic E-state index is -2.41. The van der Waals surface area contributed by atoms with Gasteiger partial charge < -0.3 is 4.55 Å². The second-order valence-electron chi connectivity index (χ2n) is 1.99. The monoisotopic (exact) mass is 209 g/mol. The molecular formula is C6H4NNaO4S-. The molecule has 0 saturated carbocycles. The fourth-order valence-electron chi connectivity index (χ4n) is 0.701. The standard InChI is InChI=1S/C6H5NO4S.Na/c8-7(9)5-2-1-3-6(4-5)12(10)11;/h1-4H,(H,10,11);/p-1. The molecule has 0 bridgehead atoms. The molecule has 0 heterocycles. The van der Waals surface area contributed by atoms with Crippen molar-refractivity contribution in [2.75, 3.05) is 0 Å². The van der Waals surface area contributed by atoms with Gasteiger partial charge in [0.15, 0.2) is 0 Å². The molecule has 0 amide bonds. The molecule has 0 aliphatic heterocycles. The Balaban J connectivity index is 0.00000144. The SMILES string of the molecule is O=[N+]([O-])c1cccc(S(=O)[O-])c1.[Na]. The third-order valence-electron chi connectivity index (χ3n) is 1.22. The van der Waals surface area contributed by atoms with E-state index >= 15 is 0 Å². The van der Waals surface area contributed by atoms with Crippen LogP contribution in [0, 0.1) is 10.1 Å². The van der Waals surface area contributed by atoms with Gasteiger partial charge in [0.2, 0.25) is 0 Å². The van der Waals surface area contributed by atoms with E-state index in [1.165, 1.54) is 18.2 Å². The van der Waals surface area contributed by atoms with E-state index in [4.69, 9.17) is 0 Å². The number of nitro groups is 1. The zero-order valence-corrected chi connectivity index (χ0v) is 9.61. The molecule has 0 aliphatic rings. The topological polar surface area (TPSA) is 83.3 Å². The molecule has 0 spiro atoms. The molecule has 5 nitrogen and oxygen atoms in total. The number of hydrogen-bond donors (Lipinski definition) is 0. The summed E-state index contributed by atoms with van der Waals surface area (Å²) in [6, 6.07) is 4.85. The fourth-order valence-corrected chi connectivity index (χ4v) is 1.11. The molecule has 7 heteroatoms. The Morgan fingerprint density at radius 3 is 2.46 bits per heavy atom. The summed E-state index contributed by atoms with van der Waals surface area (Å²) in [5.41, 5.74) is -0.225. The molecule has 65 valence electrons. The maximum atomic E-state index is 10.4. The smallest absolute Gasteiger partial charge is 0.270 e. The minimum Gasteiger partial charge on any atom is -0.768 e. The molecule has 0 aromatic heterocycles. The number of rotatable bonds is 2. The van der Waals surface area contributed by atoms with Gasteiger partial charge in [-0.15, -0.1) is 0 Å². The summed E-state index contributed by atoms with van der Waals surface area (Å²) < 4.78 is 20.7. The van der Waals surface area contributed by atoms with Gasteiger partial charge in [0.25, 0.3) is 5.69 Å². The Hall–Kier alpha value is -0.270. The summed E-state index contributed by atoms with van der Waals surface area (Å²) >= 11 is -2.41. The summed E-state index contributed by atoms with van der Waals surface area (Å²) in [7, 11) is 0. The van der Waals surface area contributed by atoms with Crippen LogP contribution in [0.15, 0.2) is 29.2 Å². The van der Waals surface area contributed by atoms with Crippen LogP contribution in [0.25, 0.3) is 0 Å². The third-order valence-corrected chi connectivity index (χ3v) is 1.86. The number of benzene rings is 1. The number of non-ortho nitro benzene ring substituents is 1. The van der Waals surface area contributed by atoms with Crippen LogP contribution in [0.2, 0.25) is 0 Å². The minimum absolute atomic E-state index is 0. The second-order valence-corrected chi connectivity index (χ2v) is 2.93. The molecule has 1 unspecified atom stereocenters. The molecule has 1 rings (SSSR count). The van der Waals surface area contributed by atoms with E-state index in [0.717, 1.165) is 6.07 Å². The maximum absolute atomic E-state index is 10.4. The van der Waals surface area contributed by atoms with Gasteiger partial charge in [-0.05, 0) is 17.1 Å². The number of hydrogen-bond acceptors (Lipinski definition) is 4. The van der Waals surface area contributed by atoms with E-state index in [-0.39, 0.29) is 40.1 Å². The van der Waals surface area contributed by atoms with Crippen molar-refractivity contribution in [2.24, 2.45) is 0 Å². The normalized spacial score (nSPS) is 11.5. The molecule has 1 radical (unpaired) electrons. The van der Waals surface area contributed by atoms with Crippen molar-refractivity contribution >= 4 is 46.3 Å². The van der Waals surface area contributed by atoms with Gasteiger partial charge in [0.05, 0.1) is 4.92 Å². The van der Waals surface area contributed by atoms with Crippen molar-refractivity contribution in [1.82, 2.24) is 0 Å². The second kappa shape index (κ2) is 5.46. The van der Waals surface area contributed by atoms with Crippen LogP contribution in [0.4, 0.5) is 5.69 Å². The first kappa shape index (κ1) is 12.7. The Morgan fingerprint density at radius 1 is 1.38 bits per heavy atom. The maximum Gasteiger partial charge on any atom is 0.270 e. The zero-order valence-electron chi connectivity index (χ0n) is 6.80. The predicted molar refractivity (Wildman–Crippen MR) is 46.0 cm³/mol. The molecule has 0 fully saturated rings. The van der Waals surface area contributed by atoms with Gasteiger partial charge in [0, 0.05) is 46.6 Å². The van der Waals surface area contributed by atoms with Gasteiger partial charge in [-0.1, -0.05) is 6.07 Å². The molecular weight excluding hydrogens is 205 g/mol. The zero-order chi connectivity index (χ0) is 9.14. The van der Waals surface area contributed by atoms with Gasteiger partial charge in [0.1, 0.15) is 0 Å². The molecule has 13 heavy (non-hydrogen) atoms. The molecule has 0 saturated heterocycles. The first-order valence-electron chi connectivity index (χ1n) is 2.95. The van der Waals surface area contributed by atoms with Crippen molar-refractivity contribution < 1.29 is 13.7 Å². The Labute approximate surface area is 98.9 Å². The van der Waals surface area contributed by atoms with Crippen LogP contribution in [0.3, 0.4) is 0 Å². The van der Waals surface area contributed by atoms with Crippen molar-refractivity contribution in [3.05, 3.63) is 34.4 Å². The first-order valence-corrected chi connectivity index (χ1v) is 4.02. The van der Waals surface area contributed by atoms with Crippen molar-refractivity contribution in [2.45, 2.75) is 4.90 Å². The van der Waals surface area contributed by atoms with Crippen LogP contribution in [0.1, 0.15) is 0 Å². The van der Waals surface area contributed by atoms with E-state index in [1.807, 2.05) is 0 Å². The van der Waals surface area contributed by atoms with Gasteiger partial charge in [-0.2, -0.15) is 0 Å². The quantitative estimate of drug-likeness (QED) is 0.306. The van der Waals surface area contributed by atoms with Crippen LogP contribution < -0.4 is 0 Å². The van der Waals surface area contributed by atoms with Crippen LogP contribution >= 0.6 is 0 Å². The Morgan fingerprint density at radius 2 is 2.00 bits per heavy atom. The van der Waals surface area contributed by atoms with E-state index in [0.29, 0.717) is 0 Å². The molecule has 0 N–H and O–H groups in total. The van der Waals surface area contributed by atoms with E-state index < -0.39 is 16.0 Å². The van der Waals surface area contributed by atoms with Gasteiger partial charge >= 0.3 is 0 Å². The van der Waals surface area contributed by atoms with Crippen LogP contribution in [-0.4, -0.2) is 43.2 Å². The van der Waals surface area contributed by atoms with E-state index in [2.05, 4.69) is 0 Å². The third kappa shape index (κ3) is 3.53. The molecule has 1 atom stereocenters. The average molecular weight is 209 g/mol. The summed E-state index contributed by atoms with van der Waals surface area (Å²) in [5, 5.41) is 10.2. The van der Waals surface area contributed by atoms with Crippen molar-refractivity contribution in [3.63, 3.8) is 0 Å². The predicted octanol–water partition coefficient (Wildman–Crippen LogP) is 0.452. The van der Waals surface area contributed by atoms with Crippen molar-refractivity contribution in [1.29, 1.82) is 0 Å². The fraction of sp³-hybridized carbons (Fsp3) is 0. The first-order chi connectivity index (χ1) is 5.61. The molecule has 1 aromatic carbocycles. The summed E-state index contributed by atoms with van der Waals surface area (Å²) in [6.45, 7) is 0. The number of nitrogens with zero attached hydrogens (tertiary/aromatic N) is 1. The van der Waals surface area contributed by atoms with E-state index in [1.54, 1.807) is 0 Å². The summed E-state index contributed by atoms with van der Waals surface area (Å²) in [6.07, 6.45) is 0. The summed E-state index contributed by atoms with van der Waals surface area (Å²) in [5.74, 6) is 0. The van der Waals surface area contributed by atoms with Gasteiger partial charge in [-0.3, -0.25) is 14.3 Å². The Kier molecular flexibility index (Phi) is 5.34. The Bertz CT molecular complexity index is 314. The van der Waals surface area contributed by atoms with Crippen molar-refractivity contribution in [3.8, 4) is 0 Å². The van der Waals surface area contributed by atoms with Gasteiger partial charge in [-0.25, -0.2) is 0 Å². The van der Waals surface area contributed by atoms with E-state index in [9.17, 15) is 18.9 Å². The van der Waals surface area contributed by atoms with Crippen LogP contribution in [-0.2, 0) is 11.1 Å². The summed E-state index contributed by atoms with van der Waals surface area (Å²) in [4.78, 5) is 9.46. The molecule has 1 aromatic rings.